The largest absolute Gasteiger partial charge is 0.0725 e. The Labute approximate surface area is 403 Å². The number of hydrogen-bond donors (Lipinski definition) is 0. The first-order chi connectivity index (χ1) is 33.4. The van der Waals surface area contributed by atoms with Gasteiger partial charge in [0.2, 0.25) is 0 Å². The van der Waals surface area contributed by atoms with Gasteiger partial charge in [0.05, 0.1) is 5.41 Å². The van der Waals surface area contributed by atoms with E-state index >= 15 is 0 Å². The van der Waals surface area contributed by atoms with Gasteiger partial charge in [-0.15, -0.1) is 0 Å². The van der Waals surface area contributed by atoms with Crippen molar-refractivity contribution < 1.29 is 0 Å². The zero-order valence-electron chi connectivity index (χ0n) is 40.0. The van der Waals surface area contributed by atoms with Crippen molar-refractivity contribution >= 4 is 75.4 Å². The van der Waals surface area contributed by atoms with Crippen molar-refractivity contribution in [3.8, 4) is 44.5 Å². The van der Waals surface area contributed by atoms with E-state index in [4.69, 9.17) is 0 Å². The van der Waals surface area contributed by atoms with Gasteiger partial charge in [-0.05, 0) is 194 Å². The molecule has 13 aromatic carbocycles. The highest BCUT2D eigenvalue weighted by atomic mass is 14.5. The predicted molar refractivity (Wildman–Crippen MR) is 296 cm³/mol. The molecule has 13 aromatic rings. The minimum atomic E-state index is -0.470. The second kappa shape index (κ2) is 13.2. The summed E-state index contributed by atoms with van der Waals surface area (Å²) >= 11 is 0. The Morgan fingerprint density at radius 2 is 0.710 bits per heavy atom. The van der Waals surface area contributed by atoms with E-state index in [-0.39, 0.29) is 10.8 Å². The molecule has 0 heterocycles. The first-order valence-electron chi connectivity index (χ1n) is 24.8. The van der Waals surface area contributed by atoms with Gasteiger partial charge in [-0.1, -0.05) is 205 Å². The summed E-state index contributed by atoms with van der Waals surface area (Å²) in [5, 5.41) is 18.5. The SMILES string of the molecule is CC(C)(C)c1cc2ccc3cc(-c4ccc5c(c4)C4(c6ccccc6-c6ccccc64)c4ccc6c(-c7cc8ccc9cc(C(C)(C)C)cc%10ccc(c7)c8c9%10)cccc6c4-5)cc4ccc(c1)c2c34. The van der Waals surface area contributed by atoms with E-state index in [0.717, 1.165) is 0 Å². The fraction of sp³-hybridized carbons (Fsp3) is 0.130. The highest BCUT2D eigenvalue weighted by molar-refractivity contribution is 6.26. The van der Waals surface area contributed by atoms with Gasteiger partial charge in [-0.25, -0.2) is 0 Å². The van der Waals surface area contributed by atoms with Crippen LogP contribution in [-0.4, -0.2) is 0 Å². The average Bonchev–Trinajstić information content (AvgIpc) is 3.83. The van der Waals surface area contributed by atoms with Gasteiger partial charge in [0.1, 0.15) is 0 Å². The molecular formula is C69H50. The van der Waals surface area contributed by atoms with Crippen molar-refractivity contribution in [1.29, 1.82) is 0 Å². The fourth-order valence-electron chi connectivity index (χ4n) is 13.3. The lowest BCUT2D eigenvalue weighted by molar-refractivity contribution is 0.591. The molecule has 0 saturated heterocycles. The van der Waals surface area contributed by atoms with Crippen LogP contribution in [0.2, 0.25) is 0 Å². The highest BCUT2D eigenvalue weighted by Gasteiger charge is 2.52. The normalized spacial score (nSPS) is 14.1. The molecule has 0 aromatic heterocycles. The Morgan fingerprint density at radius 3 is 1.19 bits per heavy atom. The van der Waals surface area contributed by atoms with Crippen LogP contribution >= 0.6 is 0 Å². The molecule has 326 valence electrons. The summed E-state index contributed by atoms with van der Waals surface area (Å²) in [6, 6.07) is 75.8. The molecule has 0 amide bonds. The van der Waals surface area contributed by atoms with Crippen molar-refractivity contribution in [3.63, 3.8) is 0 Å². The van der Waals surface area contributed by atoms with Gasteiger partial charge in [0.25, 0.3) is 0 Å². The third-order valence-corrected chi connectivity index (χ3v) is 16.6. The Balaban J connectivity index is 0.949. The predicted octanol–water partition coefficient (Wildman–Crippen LogP) is 18.9. The second-order valence-electron chi connectivity index (χ2n) is 22.4. The molecule has 0 atom stereocenters. The Hall–Kier alpha value is -7.80. The molecule has 0 aliphatic heterocycles. The van der Waals surface area contributed by atoms with Crippen molar-refractivity contribution in [2.75, 3.05) is 0 Å². The second-order valence-corrected chi connectivity index (χ2v) is 22.4. The van der Waals surface area contributed by atoms with Gasteiger partial charge in [0, 0.05) is 0 Å². The van der Waals surface area contributed by atoms with Crippen molar-refractivity contribution in [1.82, 2.24) is 0 Å². The van der Waals surface area contributed by atoms with E-state index in [2.05, 4.69) is 236 Å². The Morgan fingerprint density at radius 1 is 0.275 bits per heavy atom. The van der Waals surface area contributed by atoms with Crippen LogP contribution in [0.5, 0.6) is 0 Å². The van der Waals surface area contributed by atoms with E-state index in [1.54, 1.807) is 0 Å². The first kappa shape index (κ1) is 39.2. The van der Waals surface area contributed by atoms with Crippen LogP contribution in [0.25, 0.3) is 120 Å². The third kappa shape index (κ3) is 5.19. The minimum absolute atomic E-state index is 0.0834. The maximum absolute atomic E-state index is 2.55. The van der Waals surface area contributed by atoms with E-state index in [0.29, 0.717) is 0 Å². The standard InChI is InChI=1S/C69H50/c1-67(2,3)50-34-44-22-18-40-30-48(31-41-19-23-45(35-50)64(44)62(40)41)39-26-27-57-61(38-39)69(58-16-9-7-12-54(58)55-13-8-10-17-59(55)69)60-29-28-53-52(14-11-15-56(53)66(57)60)49-32-42-20-24-46-36-51(68(4,5)6)37-47-25-21-43(33-49)63(42)65(46)47/h7-38H,1-6H3. The van der Waals surface area contributed by atoms with E-state index in [9.17, 15) is 0 Å². The van der Waals surface area contributed by atoms with Crippen LogP contribution in [0, 0.1) is 0 Å². The summed E-state index contributed by atoms with van der Waals surface area (Å²) in [6.45, 7) is 13.9. The summed E-state index contributed by atoms with van der Waals surface area (Å²) < 4.78 is 0. The van der Waals surface area contributed by atoms with Gasteiger partial charge in [-0.3, -0.25) is 0 Å². The summed E-state index contributed by atoms with van der Waals surface area (Å²) in [5.74, 6) is 0. The molecule has 0 nitrogen and oxygen atoms in total. The maximum Gasteiger partial charge on any atom is 0.0725 e. The van der Waals surface area contributed by atoms with Gasteiger partial charge in [-0.2, -0.15) is 0 Å². The molecule has 15 rings (SSSR count). The Kier molecular flexibility index (Phi) is 7.53. The van der Waals surface area contributed by atoms with Crippen molar-refractivity contribution in [3.05, 3.63) is 228 Å². The maximum atomic E-state index is 2.55. The molecule has 0 N–H and O–H groups in total. The van der Waals surface area contributed by atoms with Crippen LogP contribution in [0.4, 0.5) is 0 Å². The number of benzene rings is 13. The molecule has 69 heavy (non-hydrogen) atoms. The molecule has 0 radical (unpaired) electrons. The topological polar surface area (TPSA) is 0 Å². The molecule has 0 heteroatoms. The molecule has 2 aliphatic rings. The number of fused-ring (bicyclic) bond motifs is 12. The summed E-state index contributed by atoms with van der Waals surface area (Å²) in [6.07, 6.45) is 0. The molecule has 2 aliphatic carbocycles. The number of hydrogen-bond acceptors (Lipinski definition) is 0. The first-order valence-corrected chi connectivity index (χ1v) is 24.8. The summed E-state index contributed by atoms with van der Waals surface area (Å²) in [4.78, 5) is 0. The van der Waals surface area contributed by atoms with E-state index in [1.165, 1.54) is 153 Å². The third-order valence-electron chi connectivity index (χ3n) is 16.6. The lowest BCUT2D eigenvalue weighted by Crippen LogP contribution is -2.25. The zero-order valence-corrected chi connectivity index (χ0v) is 40.0. The summed E-state index contributed by atoms with van der Waals surface area (Å²) in [5.41, 5.74) is 18.3. The molecule has 0 fully saturated rings. The quantitative estimate of drug-likeness (QED) is 0.152. The van der Waals surface area contributed by atoms with Crippen LogP contribution < -0.4 is 0 Å². The van der Waals surface area contributed by atoms with Gasteiger partial charge >= 0.3 is 0 Å². The van der Waals surface area contributed by atoms with Crippen LogP contribution in [0.1, 0.15) is 74.9 Å². The molecule has 0 saturated carbocycles. The van der Waals surface area contributed by atoms with E-state index in [1.807, 2.05) is 0 Å². The van der Waals surface area contributed by atoms with Crippen LogP contribution in [0.3, 0.4) is 0 Å². The molecule has 0 bridgehead atoms. The lowest BCUT2D eigenvalue weighted by Gasteiger charge is -2.31. The molecule has 1 spiro atoms. The van der Waals surface area contributed by atoms with E-state index < -0.39 is 5.41 Å². The summed E-state index contributed by atoms with van der Waals surface area (Å²) in [7, 11) is 0. The van der Waals surface area contributed by atoms with Crippen LogP contribution in [0.15, 0.2) is 194 Å². The number of rotatable bonds is 2. The van der Waals surface area contributed by atoms with Crippen LogP contribution in [-0.2, 0) is 16.2 Å². The monoisotopic (exact) mass is 878 g/mol. The zero-order chi connectivity index (χ0) is 46.3. The smallest absolute Gasteiger partial charge is 0.0619 e. The van der Waals surface area contributed by atoms with Crippen molar-refractivity contribution in [2.24, 2.45) is 0 Å². The fourth-order valence-corrected chi connectivity index (χ4v) is 13.3. The average molecular weight is 879 g/mol. The Bertz CT molecular complexity index is 4190. The van der Waals surface area contributed by atoms with Crippen molar-refractivity contribution in [2.45, 2.75) is 57.8 Å². The van der Waals surface area contributed by atoms with Gasteiger partial charge < -0.3 is 0 Å². The lowest BCUT2D eigenvalue weighted by atomic mass is 9.70. The highest BCUT2D eigenvalue weighted by Crippen LogP contribution is 2.64. The molecule has 0 unspecified atom stereocenters. The molecular weight excluding hydrogens is 829 g/mol. The van der Waals surface area contributed by atoms with Gasteiger partial charge in [0.15, 0.2) is 0 Å². The minimum Gasteiger partial charge on any atom is -0.0619 e.